The van der Waals surface area contributed by atoms with Gasteiger partial charge in [0.05, 0.1) is 13.3 Å². The zero-order chi connectivity index (χ0) is 17.1. The Morgan fingerprint density at radius 2 is 1.28 bits per heavy atom. The van der Waals surface area contributed by atoms with E-state index in [-0.39, 0.29) is 0 Å². The molecule has 122 valence electrons. The van der Waals surface area contributed by atoms with Gasteiger partial charge in [-0.2, -0.15) is 0 Å². The SMILES string of the molecule is COc1ccc(-c2cnc(-c3ccc(-c4ccccc4)cc3)o2)cc1. The Kier molecular flexibility index (Phi) is 4.05. The second-order valence-corrected chi connectivity index (χ2v) is 5.70. The van der Waals surface area contributed by atoms with Gasteiger partial charge in [-0.15, -0.1) is 0 Å². The monoisotopic (exact) mass is 327 g/mol. The molecule has 3 aromatic carbocycles. The van der Waals surface area contributed by atoms with Crippen molar-refractivity contribution in [1.82, 2.24) is 4.98 Å². The molecule has 0 saturated carbocycles. The number of aromatic nitrogens is 1. The minimum atomic E-state index is 0.616. The molecule has 0 aliphatic carbocycles. The van der Waals surface area contributed by atoms with Crippen molar-refractivity contribution in [2.45, 2.75) is 0 Å². The van der Waals surface area contributed by atoms with Gasteiger partial charge in [-0.05, 0) is 47.5 Å². The Morgan fingerprint density at radius 3 is 1.96 bits per heavy atom. The second-order valence-electron chi connectivity index (χ2n) is 5.70. The molecule has 0 radical (unpaired) electrons. The van der Waals surface area contributed by atoms with Gasteiger partial charge in [0, 0.05) is 11.1 Å². The molecule has 0 unspecified atom stereocenters. The summed E-state index contributed by atoms with van der Waals surface area (Å²) in [5.41, 5.74) is 4.30. The van der Waals surface area contributed by atoms with Gasteiger partial charge in [0.25, 0.3) is 0 Å². The van der Waals surface area contributed by atoms with Crippen molar-refractivity contribution in [1.29, 1.82) is 0 Å². The maximum atomic E-state index is 5.92. The largest absolute Gasteiger partial charge is 0.497 e. The van der Waals surface area contributed by atoms with Crippen LogP contribution in [0.3, 0.4) is 0 Å². The zero-order valence-electron chi connectivity index (χ0n) is 13.8. The van der Waals surface area contributed by atoms with E-state index in [0.717, 1.165) is 22.6 Å². The fraction of sp³-hybridized carbons (Fsp3) is 0.0455. The molecule has 0 atom stereocenters. The molecule has 4 aromatic rings. The van der Waals surface area contributed by atoms with E-state index >= 15 is 0 Å². The second kappa shape index (κ2) is 6.65. The molecular weight excluding hydrogens is 310 g/mol. The van der Waals surface area contributed by atoms with Gasteiger partial charge in [0.1, 0.15) is 5.75 Å². The quantitative estimate of drug-likeness (QED) is 0.483. The highest BCUT2D eigenvalue weighted by Crippen LogP contribution is 2.28. The first-order valence-corrected chi connectivity index (χ1v) is 8.09. The standard InChI is InChI=1S/C22H17NO2/c1-24-20-13-11-18(12-14-20)21-15-23-22(25-21)19-9-7-17(8-10-19)16-5-3-2-4-6-16/h2-15H,1H3. The minimum absolute atomic E-state index is 0.616. The molecule has 0 aliphatic rings. The lowest BCUT2D eigenvalue weighted by Crippen LogP contribution is -1.81. The lowest BCUT2D eigenvalue weighted by Gasteiger charge is -2.02. The Morgan fingerprint density at radius 1 is 0.680 bits per heavy atom. The number of nitrogens with zero attached hydrogens (tertiary/aromatic N) is 1. The summed E-state index contributed by atoms with van der Waals surface area (Å²) in [5.74, 6) is 2.18. The summed E-state index contributed by atoms with van der Waals surface area (Å²) in [7, 11) is 1.65. The van der Waals surface area contributed by atoms with Crippen LogP contribution < -0.4 is 4.74 Å². The predicted molar refractivity (Wildman–Crippen MR) is 99.4 cm³/mol. The van der Waals surface area contributed by atoms with Crippen LogP contribution in [0.25, 0.3) is 33.9 Å². The van der Waals surface area contributed by atoms with E-state index in [9.17, 15) is 0 Å². The van der Waals surface area contributed by atoms with Crippen molar-refractivity contribution in [3.63, 3.8) is 0 Å². The normalized spacial score (nSPS) is 10.6. The number of ether oxygens (including phenoxy) is 1. The average molecular weight is 327 g/mol. The van der Waals surface area contributed by atoms with Crippen LogP contribution in [0.5, 0.6) is 5.75 Å². The summed E-state index contributed by atoms with van der Waals surface area (Å²) in [6.07, 6.45) is 1.75. The van der Waals surface area contributed by atoms with E-state index in [1.165, 1.54) is 11.1 Å². The summed E-state index contributed by atoms with van der Waals surface area (Å²) in [5, 5.41) is 0. The molecule has 1 aromatic heterocycles. The van der Waals surface area contributed by atoms with Gasteiger partial charge in [0.15, 0.2) is 5.76 Å². The predicted octanol–water partition coefficient (Wildman–Crippen LogP) is 5.68. The number of hydrogen-bond donors (Lipinski definition) is 0. The molecule has 0 spiro atoms. The highest BCUT2D eigenvalue weighted by molar-refractivity contribution is 5.68. The molecule has 1 heterocycles. The van der Waals surface area contributed by atoms with E-state index in [1.807, 2.05) is 54.6 Å². The maximum absolute atomic E-state index is 5.92. The van der Waals surface area contributed by atoms with E-state index < -0.39 is 0 Å². The van der Waals surface area contributed by atoms with Crippen molar-refractivity contribution in [2.24, 2.45) is 0 Å². The third-order valence-electron chi connectivity index (χ3n) is 4.12. The van der Waals surface area contributed by atoms with Gasteiger partial charge in [-0.1, -0.05) is 42.5 Å². The summed E-state index contributed by atoms with van der Waals surface area (Å²) < 4.78 is 11.1. The number of rotatable bonds is 4. The highest BCUT2D eigenvalue weighted by atomic mass is 16.5. The molecule has 3 nitrogen and oxygen atoms in total. The summed E-state index contributed by atoms with van der Waals surface area (Å²) in [6, 6.07) is 26.3. The summed E-state index contributed by atoms with van der Waals surface area (Å²) >= 11 is 0. The van der Waals surface area contributed by atoms with Crippen LogP contribution in [0, 0.1) is 0 Å². The van der Waals surface area contributed by atoms with Crippen LogP contribution >= 0.6 is 0 Å². The van der Waals surface area contributed by atoms with Crippen molar-refractivity contribution >= 4 is 0 Å². The molecule has 25 heavy (non-hydrogen) atoms. The lowest BCUT2D eigenvalue weighted by molar-refractivity contribution is 0.415. The molecular formula is C22H17NO2. The molecule has 0 bridgehead atoms. The van der Waals surface area contributed by atoms with Gasteiger partial charge in [-0.3, -0.25) is 0 Å². The van der Waals surface area contributed by atoms with Crippen LogP contribution in [-0.2, 0) is 0 Å². The van der Waals surface area contributed by atoms with Crippen LogP contribution in [0.15, 0.2) is 89.5 Å². The van der Waals surface area contributed by atoms with Crippen LogP contribution in [0.1, 0.15) is 0 Å². The number of benzene rings is 3. The fourth-order valence-corrected chi connectivity index (χ4v) is 2.73. The first-order chi connectivity index (χ1) is 12.3. The van der Waals surface area contributed by atoms with Crippen LogP contribution in [0.4, 0.5) is 0 Å². The topological polar surface area (TPSA) is 35.3 Å². The average Bonchev–Trinajstić information content (AvgIpc) is 3.19. The van der Waals surface area contributed by atoms with Crippen LogP contribution in [0.2, 0.25) is 0 Å². The minimum Gasteiger partial charge on any atom is -0.497 e. The third kappa shape index (κ3) is 3.17. The Balaban J connectivity index is 1.59. The number of methoxy groups -OCH3 is 1. The Bertz CT molecular complexity index is 955. The molecule has 0 amide bonds. The fourth-order valence-electron chi connectivity index (χ4n) is 2.73. The van der Waals surface area contributed by atoms with Gasteiger partial charge < -0.3 is 9.15 Å². The highest BCUT2D eigenvalue weighted by Gasteiger charge is 2.09. The number of oxazole rings is 1. The molecule has 0 aliphatic heterocycles. The van der Waals surface area contributed by atoms with Crippen molar-refractivity contribution in [3.05, 3.63) is 85.1 Å². The Labute approximate surface area is 146 Å². The number of hydrogen-bond acceptors (Lipinski definition) is 3. The van der Waals surface area contributed by atoms with E-state index in [1.54, 1.807) is 13.3 Å². The first-order valence-electron chi connectivity index (χ1n) is 8.09. The van der Waals surface area contributed by atoms with Crippen molar-refractivity contribution < 1.29 is 9.15 Å². The molecule has 0 saturated heterocycles. The third-order valence-corrected chi connectivity index (χ3v) is 4.12. The van der Waals surface area contributed by atoms with Gasteiger partial charge >= 0.3 is 0 Å². The van der Waals surface area contributed by atoms with Gasteiger partial charge in [0.2, 0.25) is 5.89 Å². The summed E-state index contributed by atoms with van der Waals surface area (Å²) in [6.45, 7) is 0. The molecule has 0 N–H and O–H groups in total. The zero-order valence-corrected chi connectivity index (χ0v) is 13.8. The summed E-state index contributed by atoms with van der Waals surface area (Å²) in [4.78, 5) is 4.41. The van der Waals surface area contributed by atoms with E-state index in [4.69, 9.17) is 9.15 Å². The Hall–Kier alpha value is -3.33. The molecule has 3 heteroatoms. The molecule has 0 fully saturated rings. The van der Waals surface area contributed by atoms with Gasteiger partial charge in [-0.25, -0.2) is 4.98 Å². The first kappa shape index (κ1) is 15.2. The molecule has 4 rings (SSSR count). The lowest BCUT2D eigenvalue weighted by atomic mass is 10.0. The maximum Gasteiger partial charge on any atom is 0.226 e. The van der Waals surface area contributed by atoms with Crippen molar-refractivity contribution in [2.75, 3.05) is 7.11 Å². The van der Waals surface area contributed by atoms with Crippen LogP contribution in [-0.4, -0.2) is 12.1 Å². The van der Waals surface area contributed by atoms with E-state index in [2.05, 4.69) is 29.2 Å². The van der Waals surface area contributed by atoms with E-state index in [0.29, 0.717) is 5.89 Å². The smallest absolute Gasteiger partial charge is 0.226 e. The van der Waals surface area contributed by atoms with Crippen molar-refractivity contribution in [3.8, 4) is 39.7 Å².